The third-order valence-electron chi connectivity index (χ3n) is 5.82. The van der Waals surface area contributed by atoms with E-state index < -0.39 is 0 Å². The summed E-state index contributed by atoms with van der Waals surface area (Å²) < 4.78 is 18.9. The number of hydrogen-bond acceptors (Lipinski definition) is 4. The van der Waals surface area contributed by atoms with Gasteiger partial charge in [-0.05, 0) is 54.2 Å². The van der Waals surface area contributed by atoms with Gasteiger partial charge in [-0.15, -0.1) is 0 Å². The number of methoxy groups -OCH3 is 1. The van der Waals surface area contributed by atoms with Crippen LogP contribution in [0.4, 0.5) is 4.39 Å². The van der Waals surface area contributed by atoms with E-state index in [4.69, 9.17) is 4.74 Å². The Kier molecular flexibility index (Phi) is 6.11. The standard InChI is InChI=1S/C23H28FN3O2/c1-29-20-9-7-17(8-10-20)23(16-5-6-16)26-22(28)15-27-12-11-25-14-21(27)18-3-2-4-19(24)13-18/h2-4,7-10,13,16,21,23,25H,5-6,11-12,14-15H2,1H3,(H,26,28). The summed E-state index contributed by atoms with van der Waals surface area (Å²) in [6.45, 7) is 2.60. The van der Waals surface area contributed by atoms with Gasteiger partial charge >= 0.3 is 0 Å². The molecule has 2 unspecified atom stereocenters. The highest BCUT2D eigenvalue weighted by Gasteiger charge is 2.34. The Morgan fingerprint density at radius 2 is 2.07 bits per heavy atom. The van der Waals surface area contributed by atoms with E-state index in [0.29, 0.717) is 19.0 Å². The second-order valence-electron chi connectivity index (χ2n) is 7.90. The van der Waals surface area contributed by atoms with Gasteiger partial charge < -0.3 is 15.4 Å². The molecule has 5 nitrogen and oxygen atoms in total. The first kappa shape index (κ1) is 19.9. The van der Waals surface area contributed by atoms with Crippen molar-refractivity contribution in [2.75, 3.05) is 33.3 Å². The van der Waals surface area contributed by atoms with Gasteiger partial charge in [-0.2, -0.15) is 0 Å². The molecule has 1 saturated carbocycles. The monoisotopic (exact) mass is 397 g/mol. The number of benzene rings is 2. The van der Waals surface area contributed by atoms with Crippen LogP contribution >= 0.6 is 0 Å². The molecule has 2 N–H and O–H groups in total. The number of amides is 1. The number of rotatable bonds is 7. The van der Waals surface area contributed by atoms with E-state index in [0.717, 1.165) is 42.8 Å². The van der Waals surface area contributed by atoms with Gasteiger partial charge in [-0.25, -0.2) is 4.39 Å². The van der Waals surface area contributed by atoms with E-state index in [1.165, 1.54) is 6.07 Å². The molecule has 0 radical (unpaired) electrons. The molecule has 2 aromatic carbocycles. The Hall–Kier alpha value is -2.44. The fourth-order valence-corrected chi connectivity index (χ4v) is 4.10. The number of carbonyl (C=O) groups is 1. The number of halogens is 1. The fraction of sp³-hybridized carbons (Fsp3) is 0.435. The van der Waals surface area contributed by atoms with Crippen LogP contribution < -0.4 is 15.4 Å². The lowest BCUT2D eigenvalue weighted by Gasteiger charge is -2.36. The summed E-state index contributed by atoms with van der Waals surface area (Å²) in [6, 6.07) is 14.6. The molecular formula is C23H28FN3O2. The quantitative estimate of drug-likeness (QED) is 0.754. The lowest BCUT2D eigenvalue weighted by molar-refractivity contribution is -0.124. The molecule has 29 heavy (non-hydrogen) atoms. The molecule has 1 aliphatic carbocycles. The largest absolute Gasteiger partial charge is 0.497 e. The van der Waals surface area contributed by atoms with Gasteiger partial charge in [0, 0.05) is 25.7 Å². The third kappa shape index (κ3) is 4.95. The first-order chi connectivity index (χ1) is 14.1. The summed E-state index contributed by atoms with van der Waals surface area (Å²) in [4.78, 5) is 15.1. The zero-order chi connectivity index (χ0) is 20.2. The maximum atomic E-state index is 13.7. The third-order valence-corrected chi connectivity index (χ3v) is 5.82. The molecule has 154 valence electrons. The Labute approximate surface area is 171 Å². The Morgan fingerprint density at radius 3 is 2.76 bits per heavy atom. The molecule has 0 bridgehead atoms. The van der Waals surface area contributed by atoms with Crippen molar-refractivity contribution in [1.29, 1.82) is 0 Å². The lowest BCUT2D eigenvalue weighted by Crippen LogP contribution is -2.50. The van der Waals surface area contributed by atoms with Crippen molar-refractivity contribution in [3.63, 3.8) is 0 Å². The maximum absolute atomic E-state index is 13.7. The van der Waals surface area contributed by atoms with Gasteiger partial charge in [-0.3, -0.25) is 9.69 Å². The van der Waals surface area contributed by atoms with Crippen LogP contribution in [-0.4, -0.2) is 44.1 Å². The van der Waals surface area contributed by atoms with Crippen LogP contribution in [0.25, 0.3) is 0 Å². The lowest BCUT2D eigenvalue weighted by atomic mass is 10.0. The Bertz CT molecular complexity index is 838. The van der Waals surface area contributed by atoms with Gasteiger partial charge in [0.05, 0.1) is 19.7 Å². The summed E-state index contributed by atoms with van der Waals surface area (Å²) in [6.07, 6.45) is 2.27. The zero-order valence-corrected chi connectivity index (χ0v) is 16.7. The van der Waals surface area contributed by atoms with Crippen molar-refractivity contribution in [3.05, 3.63) is 65.5 Å². The number of piperazine rings is 1. The molecule has 2 atom stereocenters. The van der Waals surface area contributed by atoms with Gasteiger partial charge in [0.2, 0.25) is 5.91 Å². The summed E-state index contributed by atoms with van der Waals surface area (Å²) in [5.74, 6) is 1.08. The predicted octanol–water partition coefficient (Wildman–Crippen LogP) is 3.05. The van der Waals surface area contributed by atoms with Gasteiger partial charge in [-0.1, -0.05) is 24.3 Å². The smallest absolute Gasteiger partial charge is 0.234 e. The minimum atomic E-state index is -0.245. The number of nitrogens with zero attached hydrogens (tertiary/aromatic N) is 1. The molecule has 2 fully saturated rings. The van der Waals surface area contributed by atoms with E-state index in [1.807, 2.05) is 30.3 Å². The molecule has 1 heterocycles. The van der Waals surface area contributed by atoms with Crippen molar-refractivity contribution < 1.29 is 13.9 Å². The average molecular weight is 397 g/mol. The van der Waals surface area contributed by atoms with Crippen LogP contribution in [0.1, 0.15) is 36.1 Å². The SMILES string of the molecule is COc1ccc(C(NC(=O)CN2CCNCC2c2cccc(F)c2)C2CC2)cc1. The highest BCUT2D eigenvalue weighted by Crippen LogP contribution is 2.41. The van der Waals surface area contributed by atoms with E-state index in [2.05, 4.69) is 15.5 Å². The average Bonchev–Trinajstić information content (AvgIpc) is 3.58. The molecular weight excluding hydrogens is 369 g/mol. The van der Waals surface area contributed by atoms with Crippen LogP contribution in [0, 0.1) is 11.7 Å². The van der Waals surface area contributed by atoms with E-state index in [1.54, 1.807) is 19.2 Å². The van der Waals surface area contributed by atoms with Gasteiger partial charge in [0.25, 0.3) is 0 Å². The molecule has 4 rings (SSSR count). The topological polar surface area (TPSA) is 53.6 Å². The van der Waals surface area contributed by atoms with Crippen LogP contribution in [0.5, 0.6) is 5.75 Å². The van der Waals surface area contributed by atoms with Crippen molar-refractivity contribution >= 4 is 5.91 Å². The second kappa shape index (κ2) is 8.93. The summed E-state index contributed by atoms with van der Waals surface area (Å²) in [5.41, 5.74) is 2.02. The number of ether oxygens (including phenoxy) is 1. The van der Waals surface area contributed by atoms with Crippen molar-refractivity contribution in [1.82, 2.24) is 15.5 Å². The molecule has 1 saturated heterocycles. The van der Waals surface area contributed by atoms with E-state index in [9.17, 15) is 9.18 Å². The van der Waals surface area contributed by atoms with Crippen molar-refractivity contribution in [2.45, 2.75) is 24.9 Å². The Morgan fingerprint density at radius 1 is 1.28 bits per heavy atom. The molecule has 2 aromatic rings. The minimum absolute atomic E-state index is 0.00874. The normalized spacial score (nSPS) is 20.8. The molecule has 6 heteroatoms. The summed E-state index contributed by atoms with van der Waals surface area (Å²) in [5, 5.41) is 6.60. The molecule has 2 aliphatic rings. The van der Waals surface area contributed by atoms with Crippen LogP contribution in [-0.2, 0) is 4.79 Å². The molecule has 0 spiro atoms. The van der Waals surface area contributed by atoms with Crippen LogP contribution in [0.2, 0.25) is 0 Å². The fourth-order valence-electron chi connectivity index (χ4n) is 4.10. The van der Waals surface area contributed by atoms with Crippen molar-refractivity contribution in [2.24, 2.45) is 5.92 Å². The second-order valence-corrected chi connectivity index (χ2v) is 7.90. The molecule has 0 aromatic heterocycles. The van der Waals surface area contributed by atoms with Crippen LogP contribution in [0.15, 0.2) is 48.5 Å². The van der Waals surface area contributed by atoms with E-state index >= 15 is 0 Å². The van der Waals surface area contributed by atoms with Crippen molar-refractivity contribution in [3.8, 4) is 5.75 Å². The summed E-state index contributed by atoms with van der Waals surface area (Å²) in [7, 11) is 1.65. The molecule has 1 aliphatic heterocycles. The van der Waals surface area contributed by atoms with Gasteiger partial charge in [0.15, 0.2) is 0 Å². The molecule has 1 amide bonds. The van der Waals surface area contributed by atoms with E-state index in [-0.39, 0.29) is 23.8 Å². The number of carbonyl (C=O) groups excluding carboxylic acids is 1. The number of hydrogen-bond donors (Lipinski definition) is 2. The Balaban J connectivity index is 1.43. The first-order valence-corrected chi connectivity index (χ1v) is 10.3. The minimum Gasteiger partial charge on any atom is -0.497 e. The van der Waals surface area contributed by atoms with Crippen LogP contribution in [0.3, 0.4) is 0 Å². The van der Waals surface area contributed by atoms with Gasteiger partial charge in [0.1, 0.15) is 11.6 Å². The highest BCUT2D eigenvalue weighted by atomic mass is 19.1. The predicted molar refractivity (Wildman–Crippen MR) is 110 cm³/mol. The zero-order valence-electron chi connectivity index (χ0n) is 16.7. The first-order valence-electron chi connectivity index (χ1n) is 10.3. The maximum Gasteiger partial charge on any atom is 0.234 e. The summed E-state index contributed by atoms with van der Waals surface area (Å²) >= 11 is 0. The number of nitrogens with one attached hydrogen (secondary N) is 2. The highest BCUT2D eigenvalue weighted by molar-refractivity contribution is 5.78.